The summed E-state index contributed by atoms with van der Waals surface area (Å²) >= 11 is 0. The van der Waals surface area contributed by atoms with E-state index in [1.165, 1.54) is 5.71 Å². The summed E-state index contributed by atoms with van der Waals surface area (Å²) < 4.78 is 0. The third-order valence-electron chi connectivity index (χ3n) is 2.13. The lowest BCUT2D eigenvalue weighted by molar-refractivity contribution is 0.853. The van der Waals surface area contributed by atoms with Crippen molar-refractivity contribution in [2.24, 2.45) is 11.0 Å². The second-order valence-electron chi connectivity index (χ2n) is 3.59. The Bertz CT molecular complexity index is 288. The molecule has 0 aliphatic rings. The third-order valence-corrected chi connectivity index (χ3v) is 2.13. The van der Waals surface area contributed by atoms with Crippen LogP contribution in [-0.2, 0) is 0 Å². The van der Waals surface area contributed by atoms with Gasteiger partial charge in [-0.1, -0.05) is 39.0 Å². The molecule has 0 aliphatic heterocycles. The maximum Gasteiger partial charge on any atom is 0.0561 e. The lowest BCUT2D eigenvalue weighted by Gasteiger charge is -2.08. The zero-order valence-corrected chi connectivity index (χ0v) is 9.12. The second kappa shape index (κ2) is 5.43. The highest BCUT2D eigenvalue weighted by Gasteiger charge is 2.01. The van der Waals surface area contributed by atoms with Crippen molar-refractivity contribution in [3.05, 3.63) is 30.3 Å². The Labute approximate surface area is 86.0 Å². The Hall–Kier alpha value is -1.31. The SMILES string of the molecule is CCC(=NNc1ccccc1)C(C)C. The van der Waals surface area contributed by atoms with Crippen LogP contribution in [0.5, 0.6) is 0 Å². The van der Waals surface area contributed by atoms with E-state index in [0.29, 0.717) is 5.92 Å². The zero-order valence-electron chi connectivity index (χ0n) is 9.12. The first kappa shape index (κ1) is 10.8. The molecule has 2 heteroatoms. The number of hydrazone groups is 1. The normalized spacial score (nSPS) is 11.9. The molecule has 0 saturated heterocycles. The number of benzene rings is 1. The molecule has 0 heterocycles. The van der Waals surface area contributed by atoms with Crippen LogP contribution in [0.15, 0.2) is 35.4 Å². The molecule has 1 N–H and O–H groups in total. The van der Waals surface area contributed by atoms with Gasteiger partial charge in [-0.05, 0) is 24.5 Å². The lowest BCUT2D eigenvalue weighted by atomic mass is 10.1. The fraction of sp³-hybridized carbons (Fsp3) is 0.417. The molecule has 0 saturated carbocycles. The first-order chi connectivity index (χ1) is 6.74. The van der Waals surface area contributed by atoms with E-state index in [1.807, 2.05) is 30.3 Å². The lowest BCUT2D eigenvalue weighted by Crippen LogP contribution is -2.08. The van der Waals surface area contributed by atoms with Crippen molar-refractivity contribution >= 4 is 11.4 Å². The monoisotopic (exact) mass is 190 g/mol. The number of nitrogens with one attached hydrogen (secondary N) is 1. The average molecular weight is 190 g/mol. The smallest absolute Gasteiger partial charge is 0.0561 e. The van der Waals surface area contributed by atoms with Gasteiger partial charge in [0.2, 0.25) is 0 Å². The van der Waals surface area contributed by atoms with E-state index < -0.39 is 0 Å². The molecule has 0 amide bonds. The van der Waals surface area contributed by atoms with E-state index >= 15 is 0 Å². The predicted octanol–water partition coefficient (Wildman–Crippen LogP) is 3.52. The standard InChI is InChI=1S/C12H18N2/c1-4-12(10(2)3)14-13-11-8-6-5-7-9-11/h5-10,13H,4H2,1-3H3. The van der Waals surface area contributed by atoms with Gasteiger partial charge in [0, 0.05) is 5.71 Å². The van der Waals surface area contributed by atoms with Gasteiger partial charge in [0.25, 0.3) is 0 Å². The Morgan fingerprint density at radius 2 is 1.93 bits per heavy atom. The molecular weight excluding hydrogens is 172 g/mol. The summed E-state index contributed by atoms with van der Waals surface area (Å²) in [6.45, 7) is 6.45. The Morgan fingerprint density at radius 3 is 2.43 bits per heavy atom. The van der Waals surface area contributed by atoms with Crippen LogP contribution >= 0.6 is 0 Å². The van der Waals surface area contributed by atoms with Crippen LogP contribution in [0.3, 0.4) is 0 Å². The molecule has 76 valence electrons. The zero-order chi connectivity index (χ0) is 10.4. The van der Waals surface area contributed by atoms with Crippen molar-refractivity contribution in [1.82, 2.24) is 0 Å². The van der Waals surface area contributed by atoms with Crippen molar-refractivity contribution in [1.29, 1.82) is 0 Å². The van der Waals surface area contributed by atoms with Gasteiger partial charge in [0.05, 0.1) is 5.69 Å². The first-order valence-electron chi connectivity index (χ1n) is 5.11. The van der Waals surface area contributed by atoms with Crippen molar-refractivity contribution in [2.75, 3.05) is 5.43 Å². The summed E-state index contributed by atoms with van der Waals surface area (Å²) in [6, 6.07) is 10.0. The molecule has 0 atom stereocenters. The molecular formula is C12H18N2. The van der Waals surface area contributed by atoms with Crippen LogP contribution in [0.25, 0.3) is 0 Å². The molecule has 0 fully saturated rings. The highest BCUT2D eigenvalue weighted by Crippen LogP contribution is 2.07. The summed E-state index contributed by atoms with van der Waals surface area (Å²) in [6.07, 6.45) is 0.998. The van der Waals surface area contributed by atoms with Crippen molar-refractivity contribution in [3.63, 3.8) is 0 Å². The molecule has 0 spiro atoms. The highest BCUT2D eigenvalue weighted by molar-refractivity contribution is 5.86. The molecule has 1 aromatic carbocycles. The fourth-order valence-electron chi connectivity index (χ4n) is 1.27. The van der Waals surface area contributed by atoms with Gasteiger partial charge in [-0.15, -0.1) is 0 Å². The summed E-state index contributed by atoms with van der Waals surface area (Å²) in [5.41, 5.74) is 5.31. The van der Waals surface area contributed by atoms with Gasteiger partial charge in [0.15, 0.2) is 0 Å². The van der Waals surface area contributed by atoms with E-state index in [0.717, 1.165) is 12.1 Å². The minimum Gasteiger partial charge on any atom is -0.279 e. The van der Waals surface area contributed by atoms with E-state index in [1.54, 1.807) is 0 Å². The van der Waals surface area contributed by atoms with Crippen LogP contribution in [0.4, 0.5) is 5.69 Å². The van der Waals surface area contributed by atoms with Gasteiger partial charge in [-0.3, -0.25) is 5.43 Å². The van der Waals surface area contributed by atoms with Crippen LogP contribution < -0.4 is 5.43 Å². The number of anilines is 1. The average Bonchev–Trinajstić information content (AvgIpc) is 2.20. The molecule has 14 heavy (non-hydrogen) atoms. The van der Waals surface area contributed by atoms with Crippen LogP contribution in [0.1, 0.15) is 27.2 Å². The maximum absolute atomic E-state index is 4.38. The largest absolute Gasteiger partial charge is 0.279 e. The number of hydrogen-bond acceptors (Lipinski definition) is 2. The number of para-hydroxylation sites is 1. The first-order valence-corrected chi connectivity index (χ1v) is 5.11. The molecule has 1 aromatic rings. The van der Waals surface area contributed by atoms with Gasteiger partial charge >= 0.3 is 0 Å². The topological polar surface area (TPSA) is 24.4 Å². The van der Waals surface area contributed by atoms with Gasteiger partial charge < -0.3 is 0 Å². The van der Waals surface area contributed by atoms with E-state index in [4.69, 9.17) is 0 Å². The molecule has 0 bridgehead atoms. The van der Waals surface area contributed by atoms with E-state index in [-0.39, 0.29) is 0 Å². The van der Waals surface area contributed by atoms with Crippen LogP contribution in [0.2, 0.25) is 0 Å². The molecule has 0 unspecified atom stereocenters. The predicted molar refractivity (Wildman–Crippen MR) is 62.6 cm³/mol. The summed E-state index contributed by atoms with van der Waals surface area (Å²) in [7, 11) is 0. The van der Waals surface area contributed by atoms with Crippen molar-refractivity contribution in [2.45, 2.75) is 27.2 Å². The maximum atomic E-state index is 4.38. The summed E-state index contributed by atoms with van der Waals surface area (Å²) in [5.74, 6) is 0.510. The fourth-order valence-corrected chi connectivity index (χ4v) is 1.27. The van der Waals surface area contributed by atoms with E-state index in [9.17, 15) is 0 Å². The Kier molecular flexibility index (Phi) is 4.17. The minimum absolute atomic E-state index is 0.510. The molecule has 0 radical (unpaired) electrons. The Morgan fingerprint density at radius 1 is 1.29 bits per heavy atom. The number of hydrogen-bond donors (Lipinski definition) is 1. The molecule has 0 aliphatic carbocycles. The van der Waals surface area contributed by atoms with Crippen LogP contribution in [-0.4, -0.2) is 5.71 Å². The molecule has 1 rings (SSSR count). The molecule has 2 nitrogen and oxygen atoms in total. The number of rotatable bonds is 4. The summed E-state index contributed by atoms with van der Waals surface area (Å²) in [5, 5.41) is 4.38. The summed E-state index contributed by atoms with van der Waals surface area (Å²) in [4.78, 5) is 0. The van der Waals surface area contributed by atoms with Gasteiger partial charge in [-0.25, -0.2) is 0 Å². The van der Waals surface area contributed by atoms with Crippen molar-refractivity contribution in [3.8, 4) is 0 Å². The molecule has 0 aromatic heterocycles. The minimum atomic E-state index is 0.510. The number of nitrogens with zero attached hydrogens (tertiary/aromatic N) is 1. The Balaban J connectivity index is 2.62. The van der Waals surface area contributed by atoms with Crippen LogP contribution in [0, 0.1) is 5.92 Å². The van der Waals surface area contributed by atoms with Gasteiger partial charge in [-0.2, -0.15) is 5.10 Å². The van der Waals surface area contributed by atoms with Gasteiger partial charge in [0.1, 0.15) is 0 Å². The third kappa shape index (κ3) is 3.21. The van der Waals surface area contributed by atoms with E-state index in [2.05, 4.69) is 31.3 Å². The van der Waals surface area contributed by atoms with Crippen molar-refractivity contribution < 1.29 is 0 Å². The quantitative estimate of drug-likeness (QED) is 0.570. The second-order valence-corrected chi connectivity index (χ2v) is 3.59. The highest BCUT2D eigenvalue weighted by atomic mass is 15.3.